The van der Waals surface area contributed by atoms with Crippen LogP contribution in [0.3, 0.4) is 0 Å². The first kappa shape index (κ1) is 14.7. The van der Waals surface area contributed by atoms with Gasteiger partial charge in [0.05, 0.1) is 0 Å². The highest BCUT2D eigenvalue weighted by Gasteiger charge is 2.46. The van der Waals surface area contributed by atoms with Crippen LogP contribution in [0.4, 0.5) is 0 Å². The summed E-state index contributed by atoms with van der Waals surface area (Å²) in [5, 5.41) is 0. The first-order chi connectivity index (χ1) is 10.7. The van der Waals surface area contributed by atoms with Crippen LogP contribution in [0.25, 0.3) is 0 Å². The minimum absolute atomic E-state index is 0.233. The molecule has 22 heavy (non-hydrogen) atoms. The van der Waals surface area contributed by atoms with Crippen LogP contribution in [-0.2, 0) is 4.79 Å². The van der Waals surface area contributed by atoms with Crippen LogP contribution in [0.15, 0.2) is 28.7 Å². The molecule has 1 aliphatic heterocycles. The minimum Gasteiger partial charge on any atom is -0.340 e. The van der Waals surface area contributed by atoms with E-state index in [9.17, 15) is 4.79 Å². The van der Waals surface area contributed by atoms with E-state index >= 15 is 0 Å². The fourth-order valence-electron chi connectivity index (χ4n) is 3.84. The molecule has 1 heterocycles. The number of rotatable bonds is 3. The SMILES string of the molecule is O=C(C1CC1c1ccc(Br)cc1)N1CCN(C2CCC2)CC1. The van der Waals surface area contributed by atoms with Crippen LogP contribution in [0.2, 0.25) is 0 Å². The zero-order valence-electron chi connectivity index (χ0n) is 12.9. The van der Waals surface area contributed by atoms with Crippen molar-refractivity contribution < 1.29 is 4.79 Å². The number of nitrogens with zero attached hydrogens (tertiary/aromatic N) is 2. The Balaban J connectivity index is 1.31. The van der Waals surface area contributed by atoms with Gasteiger partial charge in [-0.1, -0.05) is 34.5 Å². The van der Waals surface area contributed by atoms with Crippen molar-refractivity contribution in [2.24, 2.45) is 5.92 Å². The number of amides is 1. The predicted molar refractivity (Wildman–Crippen MR) is 90.8 cm³/mol. The van der Waals surface area contributed by atoms with Crippen molar-refractivity contribution in [2.75, 3.05) is 26.2 Å². The van der Waals surface area contributed by atoms with Gasteiger partial charge in [-0.05, 0) is 42.9 Å². The molecule has 0 aromatic heterocycles. The third kappa shape index (κ3) is 2.83. The molecule has 2 unspecified atom stereocenters. The predicted octanol–water partition coefficient (Wildman–Crippen LogP) is 3.25. The highest BCUT2D eigenvalue weighted by molar-refractivity contribution is 9.10. The molecule has 1 aromatic carbocycles. The maximum absolute atomic E-state index is 12.7. The van der Waals surface area contributed by atoms with E-state index in [-0.39, 0.29) is 5.92 Å². The summed E-state index contributed by atoms with van der Waals surface area (Å²) in [4.78, 5) is 17.4. The van der Waals surface area contributed by atoms with Crippen molar-refractivity contribution in [2.45, 2.75) is 37.6 Å². The lowest BCUT2D eigenvalue weighted by Crippen LogP contribution is -2.53. The normalized spacial score (nSPS) is 29.2. The standard InChI is InChI=1S/C18H23BrN2O/c19-14-6-4-13(5-7-14)16-12-17(16)18(22)21-10-8-20(9-11-21)15-2-1-3-15/h4-7,15-17H,1-3,8-12H2. The lowest BCUT2D eigenvalue weighted by Gasteiger charge is -2.43. The molecule has 3 nitrogen and oxygen atoms in total. The Kier molecular flexibility index (Phi) is 3.99. The second kappa shape index (κ2) is 5.97. The fraction of sp³-hybridized carbons (Fsp3) is 0.611. The van der Waals surface area contributed by atoms with E-state index in [4.69, 9.17) is 0 Å². The topological polar surface area (TPSA) is 23.6 Å². The molecule has 0 spiro atoms. The second-order valence-electron chi connectivity index (χ2n) is 6.95. The Bertz CT molecular complexity index is 547. The number of hydrogen-bond donors (Lipinski definition) is 0. The number of carbonyl (C=O) groups excluding carboxylic acids is 1. The molecule has 118 valence electrons. The van der Waals surface area contributed by atoms with Crippen molar-refractivity contribution in [3.63, 3.8) is 0 Å². The third-order valence-corrected chi connectivity index (χ3v) is 6.15. The van der Waals surface area contributed by atoms with E-state index in [0.29, 0.717) is 11.8 Å². The average Bonchev–Trinajstić information content (AvgIpc) is 3.27. The number of carbonyl (C=O) groups is 1. The van der Waals surface area contributed by atoms with Gasteiger partial charge in [-0.15, -0.1) is 0 Å². The van der Waals surface area contributed by atoms with Crippen LogP contribution in [0.5, 0.6) is 0 Å². The van der Waals surface area contributed by atoms with Gasteiger partial charge in [0.1, 0.15) is 0 Å². The molecule has 2 atom stereocenters. The average molecular weight is 363 g/mol. The van der Waals surface area contributed by atoms with Gasteiger partial charge in [0.2, 0.25) is 5.91 Å². The molecule has 4 heteroatoms. The summed E-state index contributed by atoms with van der Waals surface area (Å²) in [6.45, 7) is 4.01. The van der Waals surface area contributed by atoms with Crippen molar-refractivity contribution >= 4 is 21.8 Å². The largest absolute Gasteiger partial charge is 0.340 e. The van der Waals surface area contributed by atoms with Crippen molar-refractivity contribution in [1.82, 2.24) is 9.80 Å². The van der Waals surface area contributed by atoms with Crippen LogP contribution >= 0.6 is 15.9 Å². The molecular weight excluding hydrogens is 340 g/mol. The summed E-state index contributed by atoms with van der Waals surface area (Å²) >= 11 is 3.47. The highest BCUT2D eigenvalue weighted by atomic mass is 79.9. The Labute approximate surface area is 140 Å². The van der Waals surface area contributed by atoms with E-state index in [1.807, 2.05) is 0 Å². The Morgan fingerprint density at radius 1 is 1.05 bits per heavy atom. The molecule has 2 aliphatic carbocycles. The highest BCUT2D eigenvalue weighted by Crippen LogP contribution is 2.48. The molecule has 0 bridgehead atoms. The van der Waals surface area contributed by atoms with E-state index in [0.717, 1.165) is 43.1 Å². The quantitative estimate of drug-likeness (QED) is 0.823. The lowest BCUT2D eigenvalue weighted by molar-refractivity contribution is -0.135. The summed E-state index contributed by atoms with van der Waals surface area (Å²) in [5.41, 5.74) is 1.31. The molecule has 1 amide bonds. The Morgan fingerprint density at radius 3 is 2.32 bits per heavy atom. The van der Waals surface area contributed by atoms with E-state index < -0.39 is 0 Å². The second-order valence-corrected chi connectivity index (χ2v) is 7.86. The number of halogens is 1. The molecular formula is C18H23BrN2O. The number of benzene rings is 1. The zero-order valence-corrected chi connectivity index (χ0v) is 14.5. The maximum Gasteiger partial charge on any atom is 0.226 e. The number of hydrogen-bond acceptors (Lipinski definition) is 2. The lowest BCUT2D eigenvalue weighted by atomic mass is 9.91. The summed E-state index contributed by atoms with van der Waals surface area (Å²) in [7, 11) is 0. The minimum atomic E-state index is 0.233. The van der Waals surface area contributed by atoms with Crippen LogP contribution in [0.1, 0.15) is 37.2 Å². The Morgan fingerprint density at radius 2 is 1.73 bits per heavy atom. The molecule has 4 rings (SSSR count). The molecule has 3 aliphatic rings. The molecule has 0 N–H and O–H groups in total. The van der Waals surface area contributed by atoms with Gasteiger partial charge in [-0.2, -0.15) is 0 Å². The summed E-state index contributed by atoms with van der Waals surface area (Å²) < 4.78 is 1.10. The van der Waals surface area contributed by atoms with Gasteiger partial charge >= 0.3 is 0 Å². The van der Waals surface area contributed by atoms with Gasteiger partial charge in [0.25, 0.3) is 0 Å². The smallest absolute Gasteiger partial charge is 0.226 e. The van der Waals surface area contributed by atoms with E-state index in [1.54, 1.807) is 0 Å². The summed E-state index contributed by atoms with van der Waals surface area (Å²) in [6.07, 6.45) is 5.15. The van der Waals surface area contributed by atoms with E-state index in [2.05, 4.69) is 50.0 Å². The van der Waals surface area contributed by atoms with Crippen molar-refractivity contribution in [3.8, 4) is 0 Å². The zero-order chi connectivity index (χ0) is 15.1. The first-order valence-electron chi connectivity index (χ1n) is 8.50. The molecule has 1 aromatic rings. The first-order valence-corrected chi connectivity index (χ1v) is 9.30. The van der Waals surface area contributed by atoms with Crippen LogP contribution < -0.4 is 0 Å². The summed E-state index contributed by atoms with van der Waals surface area (Å²) in [5.74, 6) is 1.07. The maximum atomic E-state index is 12.7. The Hall–Kier alpha value is -0.870. The van der Waals surface area contributed by atoms with E-state index in [1.165, 1.54) is 24.8 Å². The van der Waals surface area contributed by atoms with Gasteiger partial charge in [0, 0.05) is 42.6 Å². The number of piperazine rings is 1. The van der Waals surface area contributed by atoms with Gasteiger partial charge in [0.15, 0.2) is 0 Å². The molecule has 2 saturated carbocycles. The van der Waals surface area contributed by atoms with Gasteiger partial charge < -0.3 is 4.90 Å². The molecule has 0 radical (unpaired) electrons. The van der Waals surface area contributed by atoms with Crippen LogP contribution in [-0.4, -0.2) is 47.9 Å². The molecule has 3 fully saturated rings. The monoisotopic (exact) mass is 362 g/mol. The van der Waals surface area contributed by atoms with Crippen molar-refractivity contribution in [1.29, 1.82) is 0 Å². The van der Waals surface area contributed by atoms with Gasteiger partial charge in [-0.25, -0.2) is 0 Å². The molecule has 1 saturated heterocycles. The van der Waals surface area contributed by atoms with Crippen LogP contribution in [0, 0.1) is 5.92 Å². The third-order valence-electron chi connectivity index (χ3n) is 5.62. The fourth-order valence-corrected chi connectivity index (χ4v) is 4.10. The van der Waals surface area contributed by atoms with Gasteiger partial charge in [-0.3, -0.25) is 9.69 Å². The summed E-state index contributed by atoms with van der Waals surface area (Å²) in [6, 6.07) is 9.26. The van der Waals surface area contributed by atoms with Crippen molar-refractivity contribution in [3.05, 3.63) is 34.3 Å².